The van der Waals surface area contributed by atoms with Crippen molar-refractivity contribution in [3.8, 4) is 0 Å². The highest BCUT2D eigenvalue weighted by molar-refractivity contribution is 7.09. The van der Waals surface area contributed by atoms with Gasteiger partial charge in [-0.25, -0.2) is 4.98 Å². The van der Waals surface area contributed by atoms with E-state index in [0.717, 1.165) is 11.1 Å². The Morgan fingerprint density at radius 2 is 2.27 bits per heavy atom. The third-order valence-electron chi connectivity index (χ3n) is 3.53. The van der Waals surface area contributed by atoms with Crippen molar-refractivity contribution in [2.24, 2.45) is 7.05 Å². The predicted molar refractivity (Wildman–Crippen MR) is 74.3 cm³/mol. The fraction of sp³-hybridized carbons (Fsp3) is 0.538. The van der Waals surface area contributed by atoms with Gasteiger partial charge in [0.25, 0.3) is 0 Å². The second-order valence-electron chi connectivity index (χ2n) is 5.11. The van der Waals surface area contributed by atoms with Crippen LogP contribution in [0.2, 0.25) is 0 Å². The highest BCUT2D eigenvalue weighted by Crippen LogP contribution is 2.29. The maximum Gasteiger partial charge on any atom is 0.435 e. The SMILES string of the molecule is Cn1nc(C(F)(F)F)cc1CN1CCOC(c2nccs2)C1. The van der Waals surface area contributed by atoms with Crippen molar-refractivity contribution in [3.63, 3.8) is 0 Å². The van der Waals surface area contributed by atoms with Crippen LogP contribution >= 0.6 is 11.3 Å². The van der Waals surface area contributed by atoms with E-state index in [1.807, 2.05) is 5.38 Å². The molecule has 0 bridgehead atoms. The van der Waals surface area contributed by atoms with Crippen LogP contribution in [0.5, 0.6) is 0 Å². The summed E-state index contributed by atoms with van der Waals surface area (Å²) in [5.41, 5.74) is -0.318. The van der Waals surface area contributed by atoms with Gasteiger partial charge in [-0.3, -0.25) is 9.58 Å². The molecule has 9 heteroatoms. The van der Waals surface area contributed by atoms with Gasteiger partial charge >= 0.3 is 6.18 Å². The molecule has 1 aliphatic rings. The summed E-state index contributed by atoms with van der Waals surface area (Å²) in [4.78, 5) is 6.30. The fourth-order valence-corrected chi connectivity index (χ4v) is 3.09. The lowest BCUT2D eigenvalue weighted by Gasteiger charge is -2.31. The second kappa shape index (κ2) is 5.98. The molecule has 0 saturated carbocycles. The number of nitrogens with zero attached hydrogens (tertiary/aromatic N) is 4. The van der Waals surface area contributed by atoms with Crippen LogP contribution in [-0.4, -0.2) is 39.4 Å². The smallest absolute Gasteiger partial charge is 0.368 e. The zero-order valence-corrected chi connectivity index (χ0v) is 12.7. The quantitative estimate of drug-likeness (QED) is 0.866. The summed E-state index contributed by atoms with van der Waals surface area (Å²) in [6.07, 6.45) is -2.81. The van der Waals surface area contributed by atoms with Crippen LogP contribution in [0, 0.1) is 0 Å². The van der Waals surface area contributed by atoms with E-state index >= 15 is 0 Å². The standard InChI is InChI=1S/C13H15F3N4OS/c1-19-9(6-11(18-19)13(14,15)16)7-20-3-4-21-10(8-20)12-17-2-5-22-12/h2,5-6,10H,3-4,7-8H2,1H3. The number of rotatable bonds is 3. The van der Waals surface area contributed by atoms with Crippen LogP contribution in [0.4, 0.5) is 13.2 Å². The number of thiazole rings is 1. The zero-order chi connectivity index (χ0) is 15.7. The van der Waals surface area contributed by atoms with Crippen molar-refractivity contribution in [1.29, 1.82) is 0 Å². The lowest BCUT2D eigenvalue weighted by molar-refractivity contribution is -0.141. The number of halogens is 3. The van der Waals surface area contributed by atoms with Gasteiger partial charge in [0.1, 0.15) is 11.1 Å². The van der Waals surface area contributed by atoms with E-state index in [1.54, 1.807) is 6.20 Å². The highest BCUT2D eigenvalue weighted by atomic mass is 32.1. The molecule has 3 rings (SSSR count). The van der Waals surface area contributed by atoms with Crippen molar-refractivity contribution in [2.45, 2.75) is 18.8 Å². The van der Waals surface area contributed by atoms with E-state index in [0.29, 0.717) is 31.9 Å². The molecular weight excluding hydrogens is 317 g/mol. The first-order valence-electron chi connectivity index (χ1n) is 6.77. The molecule has 3 heterocycles. The summed E-state index contributed by atoms with van der Waals surface area (Å²) in [5, 5.41) is 6.32. The molecule has 0 aromatic carbocycles. The maximum atomic E-state index is 12.7. The molecule has 0 amide bonds. The zero-order valence-electron chi connectivity index (χ0n) is 11.9. The third kappa shape index (κ3) is 3.31. The van der Waals surface area contributed by atoms with E-state index < -0.39 is 11.9 Å². The second-order valence-corrected chi connectivity index (χ2v) is 6.03. The maximum absolute atomic E-state index is 12.7. The van der Waals surface area contributed by atoms with Crippen molar-refractivity contribution >= 4 is 11.3 Å². The van der Waals surface area contributed by atoms with Gasteiger partial charge < -0.3 is 4.74 Å². The lowest BCUT2D eigenvalue weighted by atomic mass is 10.2. The monoisotopic (exact) mass is 332 g/mol. The van der Waals surface area contributed by atoms with Gasteiger partial charge in [0, 0.05) is 38.3 Å². The Balaban J connectivity index is 1.69. The van der Waals surface area contributed by atoms with Gasteiger partial charge in [0.15, 0.2) is 5.69 Å². The average molecular weight is 332 g/mol. The molecule has 0 spiro atoms. The van der Waals surface area contributed by atoms with Crippen molar-refractivity contribution in [1.82, 2.24) is 19.7 Å². The minimum absolute atomic E-state index is 0.121. The summed E-state index contributed by atoms with van der Waals surface area (Å²) in [6, 6.07) is 1.11. The average Bonchev–Trinajstić information content (AvgIpc) is 3.09. The van der Waals surface area contributed by atoms with Crippen LogP contribution in [-0.2, 0) is 24.5 Å². The van der Waals surface area contributed by atoms with Gasteiger partial charge in [-0.2, -0.15) is 18.3 Å². The molecule has 0 radical (unpaired) electrons. The molecule has 1 saturated heterocycles. The van der Waals surface area contributed by atoms with Gasteiger partial charge in [0.05, 0.1) is 12.3 Å². The van der Waals surface area contributed by atoms with Gasteiger partial charge in [-0.1, -0.05) is 0 Å². The summed E-state index contributed by atoms with van der Waals surface area (Å²) >= 11 is 1.52. The molecule has 0 aliphatic carbocycles. The molecule has 1 fully saturated rings. The number of aryl methyl sites for hydroxylation is 1. The van der Waals surface area contributed by atoms with Crippen LogP contribution in [0.1, 0.15) is 22.5 Å². The Morgan fingerprint density at radius 1 is 1.45 bits per heavy atom. The lowest BCUT2D eigenvalue weighted by Crippen LogP contribution is -2.38. The van der Waals surface area contributed by atoms with E-state index in [9.17, 15) is 13.2 Å². The number of morpholine rings is 1. The molecule has 5 nitrogen and oxygen atoms in total. The van der Waals surface area contributed by atoms with Crippen LogP contribution in [0.3, 0.4) is 0 Å². The van der Waals surface area contributed by atoms with Gasteiger partial charge in [0.2, 0.25) is 0 Å². The number of alkyl halides is 3. The molecular formula is C13H15F3N4OS. The van der Waals surface area contributed by atoms with E-state index in [4.69, 9.17) is 4.74 Å². The topological polar surface area (TPSA) is 43.2 Å². The Morgan fingerprint density at radius 3 is 2.91 bits per heavy atom. The number of hydrogen-bond donors (Lipinski definition) is 0. The van der Waals surface area contributed by atoms with Gasteiger partial charge in [-0.15, -0.1) is 11.3 Å². The molecule has 1 unspecified atom stereocenters. The Kier molecular flexibility index (Phi) is 4.20. The third-order valence-corrected chi connectivity index (χ3v) is 4.40. The van der Waals surface area contributed by atoms with Crippen molar-refractivity contribution in [2.75, 3.05) is 19.7 Å². The van der Waals surface area contributed by atoms with Gasteiger partial charge in [-0.05, 0) is 6.07 Å². The highest BCUT2D eigenvalue weighted by Gasteiger charge is 2.35. The predicted octanol–water partition coefficient (Wildman–Crippen LogP) is 2.47. The molecule has 2 aromatic rings. The first-order valence-corrected chi connectivity index (χ1v) is 7.65. The largest absolute Gasteiger partial charge is 0.435 e. The summed E-state index contributed by atoms with van der Waals surface area (Å²) in [5.74, 6) is 0. The van der Waals surface area contributed by atoms with Crippen LogP contribution < -0.4 is 0 Å². The first kappa shape index (κ1) is 15.4. The van der Waals surface area contributed by atoms with E-state index in [-0.39, 0.29) is 6.10 Å². The Labute approximate surface area is 129 Å². The summed E-state index contributed by atoms with van der Waals surface area (Å²) in [7, 11) is 1.53. The number of ether oxygens (including phenoxy) is 1. The Bertz CT molecular complexity index is 626. The van der Waals surface area contributed by atoms with Crippen molar-refractivity contribution in [3.05, 3.63) is 34.0 Å². The molecule has 22 heavy (non-hydrogen) atoms. The molecule has 1 atom stereocenters. The van der Waals surface area contributed by atoms with Crippen LogP contribution in [0.25, 0.3) is 0 Å². The summed E-state index contributed by atoms with van der Waals surface area (Å²) in [6.45, 7) is 2.23. The number of aromatic nitrogens is 3. The molecule has 2 aromatic heterocycles. The minimum Gasteiger partial charge on any atom is -0.368 e. The van der Waals surface area contributed by atoms with E-state index in [2.05, 4.69) is 15.0 Å². The fourth-order valence-electron chi connectivity index (χ4n) is 2.41. The molecule has 1 aliphatic heterocycles. The van der Waals surface area contributed by atoms with Crippen molar-refractivity contribution < 1.29 is 17.9 Å². The van der Waals surface area contributed by atoms with E-state index in [1.165, 1.54) is 23.1 Å². The molecule has 0 N–H and O–H groups in total. The Hall–Kier alpha value is -1.45. The summed E-state index contributed by atoms with van der Waals surface area (Å²) < 4.78 is 45.0. The number of hydrogen-bond acceptors (Lipinski definition) is 5. The minimum atomic E-state index is -4.41. The normalized spacial score (nSPS) is 20.5. The molecule has 120 valence electrons. The first-order chi connectivity index (χ1) is 10.4. The van der Waals surface area contributed by atoms with Crippen LogP contribution in [0.15, 0.2) is 17.6 Å².